The van der Waals surface area contributed by atoms with Crippen LogP contribution in [0.5, 0.6) is 0 Å². The van der Waals surface area contributed by atoms with Crippen LogP contribution in [-0.4, -0.2) is 4.98 Å². The van der Waals surface area contributed by atoms with E-state index in [-0.39, 0.29) is 6.04 Å². The molecule has 0 aliphatic heterocycles. The predicted octanol–water partition coefficient (Wildman–Crippen LogP) is 4.78. The maximum Gasteiger partial charge on any atom is 0.106 e. The van der Waals surface area contributed by atoms with Crippen LogP contribution in [-0.2, 0) is 0 Å². The molecule has 0 spiro atoms. The number of anilines is 1. The minimum absolute atomic E-state index is 0.246. The average Bonchev–Trinajstić information content (AvgIpc) is 2.32. The molecule has 0 fully saturated rings. The SMILES string of the molecule is CC(Nc1ccc(Br)nc1)c1cccc(Br)c1. The standard InChI is InChI=1S/C13H12Br2N2/c1-9(10-3-2-4-11(14)7-10)17-12-5-6-13(15)16-8-12/h2-9,17H,1H3. The maximum absolute atomic E-state index is 4.19. The van der Waals surface area contributed by atoms with Gasteiger partial charge in [0.05, 0.1) is 11.9 Å². The lowest BCUT2D eigenvalue weighted by atomic mass is 10.1. The Hall–Kier alpha value is -0.870. The van der Waals surface area contributed by atoms with Crippen LogP contribution < -0.4 is 5.32 Å². The van der Waals surface area contributed by atoms with Crippen LogP contribution in [0.1, 0.15) is 18.5 Å². The van der Waals surface area contributed by atoms with Crippen molar-refractivity contribution in [2.45, 2.75) is 13.0 Å². The molecule has 1 N–H and O–H groups in total. The Bertz CT molecular complexity index is 497. The van der Waals surface area contributed by atoms with Crippen LogP contribution in [0.3, 0.4) is 0 Å². The summed E-state index contributed by atoms with van der Waals surface area (Å²) in [5, 5.41) is 3.41. The second-order valence-corrected chi connectivity index (χ2v) is 5.52. The number of nitrogens with one attached hydrogen (secondary N) is 1. The molecule has 0 saturated carbocycles. The van der Waals surface area contributed by atoms with Crippen LogP contribution in [0.15, 0.2) is 51.7 Å². The van der Waals surface area contributed by atoms with Gasteiger partial charge in [0.15, 0.2) is 0 Å². The Kier molecular flexibility index (Phi) is 4.18. The van der Waals surface area contributed by atoms with Crippen molar-refractivity contribution in [3.8, 4) is 0 Å². The highest BCUT2D eigenvalue weighted by Crippen LogP contribution is 2.22. The topological polar surface area (TPSA) is 24.9 Å². The third-order valence-electron chi connectivity index (χ3n) is 2.46. The second kappa shape index (κ2) is 5.65. The fourth-order valence-corrected chi connectivity index (χ4v) is 2.22. The van der Waals surface area contributed by atoms with Crippen LogP contribution in [0, 0.1) is 0 Å². The first-order valence-corrected chi connectivity index (χ1v) is 6.87. The number of nitrogens with zero attached hydrogens (tertiary/aromatic N) is 1. The Morgan fingerprint density at radius 2 is 2.00 bits per heavy atom. The first-order valence-electron chi connectivity index (χ1n) is 5.29. The fourth-order valence-electron chi connectivity index (χ4n) is 1.57. The summed E-state index contributed by atoms with van der Waals surface area (Å²) in [4.78, 5) is 4.19. The molecule has 2 aromatic rings. The molecular weight excluding hydrogens is 344 g/mol. The van der Waals surface area contributed by atoms with E-state index in [0.29, 0.717) is 0 Å². The normalized spacial score (nSPS) is 12.2. The fraction of sp³-hybridized carbons (Fsp3) is 0.154. The molecule has 0 bridgehead atoms. The van der Waals surface area contributed by atoms with Gasteiger partial charge < -0.3 is 5.32 Å². The summed E-state index contributed by atoms with van der Waals surface area (Å²) in [6, 6.07) is 12.5. The van der Waals surface area contributed by atoms with Crippen molar-refractivity contribution in [2.75, 3.05) is 5.32 Å². The first-order chi connectivity index (χ1) is 8.15. The summed E-state index contributed by atoms with van der Waals surface area (Å²) in [5.41, 5.74) is 2.25. The molecule has 1 aromatic carbocycles. The number of hydrogen-bond donors (Lipinski definition) is 1. The summed E-state index contributed by atoms with van der Waals surface area (Å²) in [7, 11) is 0. The zero-order chi connectivity index (χ0) is 12.3. The van der Waals surface area contributed by atoms with E-state index in [1.54, 1.807) is 0 Å². The first kappa shape index (κ1) is 12.6. The summed E-state index contributed by atoms with van der Waals surface area (Å²) in [6.07, 6.45) is 1.82. The smallest absolute Gasteiger partial charge is 0.106 e. The number of halogens is 2. The third-order valence-corrected chi connectivity index (χ3v) is 3.42. The molecule has 88 valence electrons. The van der Waals surface area contributed by atoms with Gasteiger partial charge in [0.1, 0.15) is 4.60 Å². The minimum Gasteiger partial charge on any atom is -0.377 e. The van der Waals surface area contributed by atoms with Gasteiger partial charge in [0.25, 0.3) is 0 Å². The van der Waals surface area contributed by atoms with E-state index in [2.05, 4.69) is 61.2 Å². The molecule has 0 radical (unpaired) electrons. The van der Waals surface area contributed by atoms with Gasteiger partial charge in [0.2, 0.25) is 0 Å². The largest absolute Gasteiger partial charge is 0.377 e. The minimum atomic E-state index is 0.246. The molecule has 0 aliphatic carbocycles. The molecule has 0 saturated heterocycles. The van der Waals surface area contributed by atoms with Crippen LogP contribution in [0.4, 0.5) is 5.69 Å². The van der Waals surface area contributed by atoms with E-state index in [1.165, 1.54) is 5.56 Å². The number of aromatic nitrogens is 1. The summed E-state index contributed by atoms with van der Waals surface area (Å²) < 4.78 is 1.94. The van der Waals surface area contributed by atoms with Gasteiger partial charge in [-0.05, 0) is 52.7 Å². The van der Waals surface area contributed by atoms with E-state index < -0.39 is 0 Å². The molecule has 0 aliphatic rings. The highest BCUT2D eigenvalue weighted by atomic mass is 79.9. The highest BCUT2D eigenvalue weighted by Gasteiger charge is 2.05. The molecule has 0 amide bonds. The highest BCUT2D eigenvalue weighted by molar-refractivity contribution is 9.10. The van der Waals surface area contributed by atoms with Gasteiger partial charge in [-0.15, -0.1) is 0 Å². The lowest BCUT2D eigenvalue weighted by molar-refractivity contribution is 0.881. The van der Waals surface area contributed by atoms with Crippen LogP contribution >= 0.6 is 31.9 Å². The second-order valence-electron chi connectivity index (χ2n) is 3.79. The van der Waals surface area contributed by atoms with Crippen molar-refractivity contribution in [3.05, 3.63) is 57.2 Å². The zero-order valence-electron chi connectivity index (χ0n) is 9.32. The van der Waals surface area contributed by atoms with Crippen LogP contribution in [0.2, 0.25) is 0 Å². The van der Waals surface area contributed by atoms with Crippen LogP contribution in [0.25, 0.3) is 0 Å². The number of rotatable bonds is 3. The van der Waals surface area contributed by atoms with Gasteiger partial charge in [-0.1, -0.05) is 28.1 Å². The van der Waals surface area contributed by atoms with Gasteiger partial charge in [-0.2, -0.15) is 0 Å². The molecule has 2 rings (SSSR count). The molecule has 1 unspecified atom stereocenters. The van der Waals surface area contributed by atoms with Gasteiger partial charge in [-0.25, -0.2) is 4.98 Å². The molecule has 1 aromatic heterocycles. The Morgan fingerprint density at radius 1 is 1.18 bits per heavy atom. The summed E-state index contributed by atoms with van der Waals surface area (Å²) >= 11 is 6.80. The number of hydrogen-bond acceptors (Lipinski definition) is 2. The zero-order valence-corrected chi connectivity index (χ0v) is 12.5. The molecule has 2 nitrogen and oxygen atoms in total. The molecule has 1 heterocycles. The summed E-state index contributed by atoms with van der Waals surface area (Å²) in [5.74, 6) is 0. The average molecular weight is 356 g/mol. The predicted molar refractivity (Wildman–Crippen MR) is 78.1 cm³/mol. The number of benzene rings is 1. The van der Waals surface area contributed by atoms with Gasteiger partial charge in [-0.3, -0.25) is 0 Å². The quantitative estimate of drug-likeness (QED) is 0.801. The lowest BCUT2D eigenvalue weighted by Crippen LogP contribution is -2.06. The van der Waals surface area contributed by atoms with Crippen molar-refractivity contribution in [1.29, 1.82) is 0 Å². The van der Waals surface area contributed by atoms with E-state index in [0.717, 1.165) is 14.8 Å². The van der Waals surface area contributed by atoms with E-state index in [1.807, 2.05) is 30.5 Å². The van der Waals surface area contributed by atoms with Gasteiger partial charge in [0, 0.05) is 10.5 Å². The molecule has 4 heteroatoms. The van der Waals surface area contributed by atoms with E-state index >= 15 is 0 Å². The summed E-state index contributed by atoms with van der Waals surface area (Å²) in [6.45, 7) is 2.13. The van der Waals surface area contributed by atoms with Crippen molar-refractivity contribution >= 4 is 37.5 Å². The van der Waals surface area contributed by atoms with Crippen molar-refractivity contribution < 1.29 is 0 Å². The monoisotopic (exact) mass is 354 g/mol. The Balaban J connectivity index is 2.11. The van der Waals surface area contributed by atoms with E-state index in [9.17, 15) is 0 Å². The molecule has 1 atom stereocenters. The van der Waals surface area contributed by atoms with Crippen molar-refractivity contribution in [2.24, 2.45) is 0 Å². The van der Waals surface area contributed by atoms with E-state index in [4.69, 9.17) is 0 Å². The Morgan fingerprint density at radius 3 is 2.65 bits per heavy atom. The third kappa shape index (κ3) is 3.54. The number of pyridine rings is 1. The van der Waals surface area contributed by atoms with Crippen molar-refractivity contribution in [1.82, 2.24) is 4.98 Å². The molecule has 17 heavy (non-hydrogen) atoms. The lowest BCUT2D eigenvalue weighted by Gasteiger charge is -2.15. The van der Waals surface area contributed by atoms with Gasteiger partial charge >= 0.3 is 0 Å². The maximum atomic E-state index is 4.19. The van der Waals surface area contributed by atoms with Crippen molar-refractivity contribution in [3.63, 3.8) is 0 Å². The Labute approximate surface area is 118 Å². The molecular formula is C13H12Br2N2.